The molecule has 312 valence electrons. The molecule has 58 heavy (non-hydrogen) atoms. The Morgan fingerprint density at radius 3 is 2.34 bits per heavy atom. The molecular weight excluding hydrogens is 778 g/mol. The lowest BCUT2D eigenvalue weighted by molar-refractivity contribution is -0.138. The highest BCUT2D eigenvalue weighted by atomic mass is 32.2. The summed E-state index contributed by atoms with van der Waals surface area (Å²) in [4.78, 5) is 69.9. The predicted octanol–water partition coefficient (Wildman–Crippen LogP) is 5.21. The summed E-state index contributed by atoms with van der Waals surface area (Å²) in [5, 5.41) is 17.6. The largest absolute Gasteiger partial charge is 0.417 e. The first kappa shape index (κ1) is 42.9. The second-order valence-electron chi connectivity index (χ2n) is 15.9. The van der Waals surface area contributed by atoms with Gasteiger partial charge in [-0.3, -0.25) is 34.3 Å². The van der Waals surface area contributed by atoms with E-state index in [2.05, 4.69) is 39.6 Å². The number of halogens is 3. The molecule has 1 unspecified atom stereocenters. The topological polar surface area (TPSA) is 167 Å². The van der Waals surface area contributed by atoms with Gasteiger partial charge in [-0.1, -0.05) is 6.07 Å². The van der Waals surface area contributed by atoms with E-state index in [1.165, 1.54) is 12.1 Å². The molecule has 1 saturated carbocycles. The number of piperidine rings is 1. The van der Waals surface area contributed by atoms with Crippen LogP contribution < -0.4 is 16.0 Å². The third-order valence-electron chi connectivity index (χ3n) is 11.3. The van der Waals surface area contributed by atoms with Gasteiger partial charge in [-0.2, -0.15) is 22.7 Å². The maximum absolute atomic E-state index is 13.6. The first-order valence-corrected chi connectivity index (χ1v) is 20.3. The molecule has 3 N–H and O–H groups in total. The van der Waals surface area contributed by atoms with Crippen molar-refractivity contribution in [2.75, 3.05) is 43.4 Å². The minimum absolute atomic E-state index is 0.0183. The molecule has 3 aliphatic heterocycles. The van der Waals surface area contributed by atoms with Crippen LogP contribution >= 0.6 is 11.9 Å². The lowest BCUT2D eigenvalue weighted by Crippen LogP contribution is -2.58. The van der Waals surface area contributed by atoms with Crippen molar-refractivity contribution in [1.29, 1.82) is 5.26 Å². The van der Waals surface area contributed by atoms with Gasteiger partial charge in [0.15, 0.2) is 0 Å². The second-order valence-corrected chi connectivity index (χ2v) is 16.9. The number of ether oxygens (including phenoxy) is 1. The lowest BCUT2D eigenvalue weighted by atomic mass is 9.89. The Labute approximate surface area is 339 Å². The molecule has 4 fully saturated rings. The summed E-state index contributed by atoms with van der Waals surface area (Å²) < 4.78 is 47.9. The van der Waals surface area contributed by atoms with Crippen molar-refractivity contribution in [1.82, 2.24) is 24.3 Å². The molecule has 0 bridgehead atoms. The van der Waals surface area contributed by atoms with Gasteiger partial charge in [0.1, 0.15) is 11.6 Å². The maximum Gasteiger partial charge on any atom is 0.417 e. The van der Waals surface area contributed by atoms with Gasteiger partial charge >= 0.3 is 12.2 Å². The first-order chi connectivity index (χ1) is 27.4. The summed E-state index contributed by atoms with van der Waals surface area (Å²) in [5.41, 5.74) is -1.59. The number of benzene rings is 2. The molecule has 0 aromatic heterocycles. The lowest BCUT2D eigenvalue weighted by Gasteiger charge is -2.44. The number of nitrogens with zero attached hydrogens (tertiary/aromatic N) is 5. The third kappa shape index (κ3) is 9.76. The van der Waals surface area contributed by atoms with Crippen LogP contribution in [0.4, 0.5) is 29.3 Å². The van der Waals surface area contributed by atoms with Crippen molar-refractivity contribution in [2.45, 2.75) is 113 Å². The van der Waals surface area contributed by atoms with E-state index in [1.807, 2.05) is 0 Å². The Morgan fingerprint density at radius 2 is 1.69 bits per heavy atom. The minimum Gasteiger partial charge on any atom is -0.377 e. The molecule has 4 aliphatic rings. The molecule has 3 atom stereocenters. The Kier molecular flexibility index (Phi) is 13.1. The number of alkyl halides is 3. The highest BCUT2D eigenvalue weighted by Gasteiger charge is 2.55. The summed E-state index contributed by atoms with van der Waals surface area (Å²) >= 11 is 0.632. The van der Waals surface area contributed by atoms with E-state index in [4.69, 9.17) is 10.00 Å². The smallest absolute Gasteiger partial charge is 0.377 e. The van der Waals surface area contributed by atoms with Gasteiger partial charge in [0.05, 0.1) is 36.5 Å². The van der Waals surface area contributed by atoms with Gasteiger partial charge in [0.2, 0.25) is 17.7 Å². The Bertz CT molecular complexity index is 1940. The third-order valence-corrected chi connectivity index (χ3v) is 12.3. The molecule has 2 aromatic rings. The zero-order valence-corrected chi connectivity index (χ0v) is 33.8. The Morgan fingerprint density at radius 1 is 1.00 bits per heavy atom. The number of carbonyl (C=O) groups is 5. The molecule has 3 heterocycles. The fourth-order valence-corrected chi connectivity index (χ4v) is 9.33. The van der Waals surface area contributed by atoms with Crippen LogP contribution in [0.25, 0.3) is 0 Å². The summed E-state index contributed by atoms with van der Waals surface area (Å²) in [7, 11) is 0. The SMILES string of the molecule is C[C@@H]1CN(CCOC2CCC(N3C(=O)N(Sc4ccc(C#N)c(C(F)(F)F)c4)C(=O)C3(C)C)CC2)C[C@H](C)N1CC(=O)Nc1cccc(NC2CCC(=O)NC2=O)c1. The molecule has 18 heteroatoms. The van der Waals surface area contributed by atoms with Crippen LogP contribution in [0.3, 0.4) is 0 Å². The number of amides is 6. The van der Waals surface area contributed by atoms with E-state index >= 15 is 0 Å². The maximum atomic E-state index is 13.6. The molecule has 6 rings (SSSR count). The van der Waals surface area contributed by atoms with E-state index in [-0.39, 0.29) is 59.8 Å². The van der Waals surface area contributed by atoms with E-state index in [1.54, 1.807) is 43.0 Å². The monoisotopic (exact) mass is 826 g/mol. The summed E-state index contributed by atoms with van der Waals surface area (Å²) in [5.74, 6) is -1.32. The van der Waals surface area contributed by atoms with Crippen LogP contribution in [-0.4, -0.2) is 117 Å². The highest BCUT2D eigenvalue weighted by molar-refractivity contribution is 7.98. The standard InChI is InChI=1S/C40H49F3N8O6S/c1-24-21-48(22-25(2)49(24)23-35(53)46-28-7-5-6-27(18-28)45-33-14-15-34(52)47-36(33)54)16-17-57-30-11-9-29(10-12-30)50-38(56)51(37(55)39(50,3)4)58-31-13-8-26(20-44)32(19-31)40(41,42)43/h5-8,13,18-19,24-25,29-30,33,45H,9-12,14-17,21-23H2,1-4H3,(H,46,53)(H,47,52,54)/t24-,25+,29?,30?,33?. The quantitative estimate of drug-likeness (QED) is 0.146. The number of imide groups is 2. The Balaban J connectivity index is 0.930. The second kappa shape index (κ2) is 17.7. The summed E-state index contributed by atoms with van der Waals surface area (Å²) in [6, 6.07) is 10.7. The molecule has 0 radical (unpaired) electrons. The van der Waals surface area contributed by atoms with Crippen LogP contribution in [0.1, 0.15) is 77.3 Å². The highest BCUT2D eigenvalue weighted by Crippen LogP contribution is 2.42. The van der Waals surface area contributed by atoms with Crippen molar-refractivity contribution in [3.63, 3.8) is 0 Å². The Hall–Kier alpha value is -4.70. The van der Waals surface area contributed by atoms with Crippen molar-refractivity contribution < 1.29 is 41.9 Å². The zero-order chi connectivity index (χ0) is 41.9. The predicted molar refractivity (Wildman–Crippen MR) is 209 cm³/mol. The first-order valence-electron chi connectivity index (χ1n) is 19.5. The van der Waals surface area contributed by atoms with Gasteiger partial charge in [-0.25, -0.2) is 4.79 Å². The summed E-state index contributed by atoms with van der Waals surface area (Å²) in [6.07, 6.45) is -1.54. The molecule has 2 aromatic carbocycles. The van der Waals surface area contributed by atoms with Crippen molar-refractivity contribution >= 4 is 53.0 Å². The zero-order valence-electron chi connectivity index (χ0n) is 32.9. The van der Waals surface area contributed by atoms with E-state index < -0.39 is 40.8 Å². The minimum atomic E-state index is -4.77. The van der Waals surface area contributed by atoms with Gasteiger partial charge in [-0.15, -0.1) is 0 Å². The van der Waals surface area contributed by atoms with Gasteiger partial charge in [0.25, 0.3) is 5.91 Å². The van der Waals surface area contributed by atoms with E-state index in [0.717, 1.165) is 29.5 Å². The molecule has 0 spiro atoms. The van der Waals surface area contributed by atoms with Gasteiger partial charge < -0.3 is 20.3 Å². The van der Waals surface area contributed by atoms with Crippen LogP contribution in [0.5, 0.6) is 0 Å². The number of carbonyl (C=O) groups excluding carboxylic acids is 5. The van der Waals surface area contributed by atoms with Crippen molar-refractivity contribution in [3.8, 4) is 6.07 Å². The molecule has 1 aliphatic carbocycles. The van der Waals surface area contributed by atoms with Crippen molar-refractivity contribution in [3.05, 3.63) is 53.6 Å². The van der Waals surface area contributed by atoms with Gasteiger partial charge in [0, 0.05) is 60.5 Å². The average Bonchev–Trinajstić information content (AvgIpc) is 3.32. The van der Waals surface area contributed by atoms with Crippen molar-refractivity contribution in [2.24, 2.45) is 0 Å². The van der Waals surface area contributed by atoms with Crippen LogP contribution in [-0.2, 0) is 30.1 Å². The molecule has 14 nitrogen and oxygen atoms in total. The molecular formula is C40H49F3N8O6S. The van der Waals surface area contributed by atoms with Crippen LogP contribution in [0.15, 0.2) is 47.4 Å². The van der Waals surface area contributed by atoms with E-state index in [0.29, 0.717) is 68.6 Å². The average molecular weight is 827 g/mol. The number of anilines is 2. The number of hydrogen-bond acceptors (Lipinski definition) is 11. The number of nitrogens with one attached hydrogen (secondary N) is 3. The van der Waals surface area contributed by atoms with Gasteiger partial charge in [-0.05, 0) is 108 Å². The molecule has 6 amide bonds. The van der Waals surface area contributed by atoms with Crippen LogP contribution in [0.2, 0.25) is 0 Å². The molecule has 3 saturated heterocycles. The number of rotatable bonds is 12. The van der Waals surface area contributed by atoms with E-state index in [9.17, 15) is 37.1 Å². The van der Waals surface area contributed by atoms with Crippen LogP contribution in [0, 0.1) is 11.3 Å². The fourth-order valence-electron chi connectivity index (χ4n) is 8.35. The fraction of sp³-hybridized carbons (Fsp3) is 0.550. The normalized spacial score (nSPS) is 25.7. The summed E-state index contributed by atoms with van der Waals surface area (Å²) in [6.45, 7) is 10.4. The number of piperazine rings is 1. The number of nitriles is 1. The number of urea groups is 1. The number of hydrogen-bond donors (Lipinski definition) is 3.